The second-order valence-corrected chi connectivity index (χ2v) is 7.65. The summed E-state index contributed by atoms with van der Waals surface area (Å²) in [6.07, 6.45) is 2.29. The molecule has 0 unspecified atom stereocenters. The highest BCUT2D eigenvalue weighted by atomic mass is 79.9. The first-order valence-corrected chi connectivity index (χ1v) is 9.48. The van der Waals surface area contributed by atoms with Crippen molar-refractivity contribution in [2.75, 3.05) is 11.0 Å². The Morgan fingerprint density at radius 3 is 2.54 bits per heavy atom. The number of para-hydroxylation sites is 1. The van der Waals surface area contributed by atoms with Crippen LogP contribution < -0.4 is 14.9 Å². The van der Waals surface area contributed by atoms with Crippen LogP contribution in [-0.4, -0.2) is 14.7 Å². The number of benzene rings is 2. The van der Waals surface area contributed by atoms with Gasteiger partial charge in [-0.05, 0) is 34.1 Å². The van der Waals surface area contributed by atoms with E-state index in [1.807, 2.05) is 6.07 Å². The third-order valence-corrected chi connectivity index (χ3v) is 4.24. The van der Waals surface area contributed by atoms with Crippen molar-refractivity contribution in [2.45, 2.75) is 0 Å². The van der Waals surface area contributed by atoms with Crippen LogP contribution in [0.15, 0.2) is 62.4 Å². The van der Waals surface area contributed by atoms with Crippen LogP contribution in [0.25, 0.3) is 11.0 Å². The second kappa shape index (κ2) is 6.29. The van der Waals surface area contributed by atoms with Crippen LogP contribution in [0.5, 0.6) is 11.5 Å². The molecule has 2 aromatic carbocycles. The van der Waals surface area contributed by atoms with Gasteiger partial charge in [-0.1, -0.05) is 18.2 Å². The molecule has 0 bridgehead atoms. The van der Waals surface area contributed by atoms with E-state index in [1.165, 1.54) is 18.4 Å². The summed E-state index contributed by atoms with van der Waals surface area (Å²) in [6, 6.07) is 11.7. The number of nitrogens with one attached hydrogen (secondary N) is 1. The van der Waals surface area contributed by atoms with E-state index in [0.29, 0.717) is 5.75 Å². The quantitative estimate of drug-likeness (QED) is 0.709. The number of halogens is 1. The van der Waals surface area contributed by atoms with Crippen molar-refractivity contribution in [3.05, 3.63) is 63.4 Å². The van der Waals surface area contributed by atoms with Crippen LogP contribution in [0.3, 0.4) is 0 Å². The van der Waals surface area contributed by atoms with Gasteiger partial charge in [-0.15, -0.1) is 0 Å². The molecule has 3 aromatic rings. The lowest BCUT2D eigenvalue weighted by atomic mass is 10.2. The van der Waals surface area contributed by atoms with E-state index in [1.54, 1.807) is 24.3 Å². The lowest BCUT2D eigenvalue weighted by Crippen LogP contribution is -2.11. The largest absolute Gasteiger partial charge is 0.463 e. The number of sulfonamides is 1. The van der Waals surface area contributed by atoms with E-state index in [0.717, 1.165) is 6.26 Å². The zero-order chi connectivity index (χ0) is 17.3. The highest BCUT2D eigenvalue weighted by Crippen LogP contribution is 2.34. The molecule has 0 spiro atoms. The first kappa shape index (κ1) is 16.5. The van der Waals surface area contributed by atoms with Crippen molar-refractivity contribution in [1.82, 2.24) is 0 Å². The molecule has 0 amide bonds. The van der Waals surface area contributed by atoms with Crippen molar-refractivity contribution in [3.8, 4) is 11.5 Å². The molecule has 124 valence electrons. The molecule has 0 fully saturated rings. The molecule has 0 saturated carbocycles. The zero-order valence-corrected chi connectivity index (χ0v) is 14.8. The Labute approximate surface area is 146 Å². The van der Waals surface area contributed by atoms with Gasteiger partial charge in [-0.2, -0.15) is 0 Å². The van der Waals surface area contributed by atoms with Gasteiger partial charge in [0.25, 0.3) is 0 Å². The normalized spacial score (nSPS) is 11.4. The molecule has 3 rings (SSSR count). The summed E-state index contributed by atoms with van der Waals surface area (Å²) in [4.78, 5) is 12.2. The average molecular weight is 410 g/mol. The Hall–Kier alpha value is -2.32. The van der Waals surface area contributed by atoms with E-state index in [-0.39, 0.29) is 32.3 Å². The summed E-state index contributed by atoms with van der Waals surface area (Å²) in [5.74, 6) is 0.706. The number of fused-ring (bicyclic) bond motifs is 1. The number of rotatable bonds is 4. The smallest absolute Gasteiger partial charge is 0.229 e. The van der Waals surface area contributed by atoms with Crippen LogP contribution in [0.2, 0.25) is 0 Å². The topological polar surface area (TPSA) is 85.6 Å². The van der Waals surface area contributed by atoms with Gasteiger partial charge in [0.05, 0.1) is 17.3 Å². The summed E-state index contributed by atoms with van der Waals surface area (Å²) in [6.45, 7) is 0. The summed E-state index contributed by atoms with van der Waals surface area (Å²) in [5.41, 5.74) is 0.147. The van der Waals surface area contributed by atoms with E-state index >= 15 is 0 Å². The molecule has 1 heterocycles. The molecule has 0 aliphatic rings. The van der Waals surface area contributed by atoms with Crippen LogP contribution in [0.4, 0.5) is 5.69 Å². The van der Waals surface area contributed by atoms with Crippen LogP contribution in [-0.2, 0) is 10.0 Å². The fourth-order valence-corrected chi connectivity index (χ4v) is 2.98. The summed E-state index contributed by atoms with van der Waals surface area (Å²) in [7, 11) is -3.54. The number of hydrogen-bond acceptors (Lipinski definition) is 5. The fraction of sp³-hybridized carbons (Fsp3) is 0.0625. The molecular weight excluding hydrogens is 398 g/mol. The Bertz CT molecular complexity index is 1060. The van der Waals surface area contributed by atoms with Crippen LogP contribution in [0.1, 0.15) is 0 Å². The average Bonchev–Trinajstić information content (AvgIpc) is 2.52. The SMILES string of the molecule is CS(=O)(=O)Nc1cc2occ(Br)c(=O)c2cc1Oc1ccccc1. The minimum atomic E-state index is -3.54. The molecule has 1 N–H and O–H groups in total. The van der Waals surface area contributed by atoms with Gasteiger partial charge in [0.2, 0.25) is 15.5 Å². The highest BCUT2D eigenvalue weighted by molar-refractivity contribution is 9.10. The van der Waals surface area contributed by atoms with Crippen molar-refractivity contribution >= 4 is 42.6 Å². The lowest BCUT2D eigenvalue weighted by Gasteiger charge is -2.13. The zero-order valence-electron chi connectivity index (χ0n) is 12.4. The minimum Gasteiger partial charge on any atom is -0.463 e. The van der Waals surface area contributed by atoms with Crippen LogP contribution >= 0.6 is 15.9 Å². The molecule has 0 aliphatic heterocycles. The molecule has 1 aromatic heterocycles. The number of ether oxygens (including phenoxy) is 1. The molecule has 0 saturated heterocycles. The van der Waals surface area contributed by atoms with Gasteiger partial charge in [0.1, 0.15) is 22.1 Å². The maximum absolute atomic E-state index is 12.2. The minimum absolute atomic E-state index is 0.180. The molecular formula is C16H12BrNO5S. The molecule has 0 aliphatic carbocycles. The van der Waals surface area contributed by atoms with Crippen molar-refractivity contribution in [3.63, 3.8) is 0 Å². The maximum Gasteiger partial charge on any atom is 0.229 e. The Balaban J connectivity index is 2.20. The second-order valence-electron chi connectivity index (χ2n) is 5.05. The molecule has 24 heavy (non-hydrogen) atoms. The first-order valence-electron chi connectivity index (χ1n) is 6.79. The maximum atomic E-state index is 12.2. The molecule has 8 heteroatoms. The van der Waals surface area contributed by atoms with Gasteiger partial charge in [0.15, 0.2) is 5.75 Å². The van der Waals surface area contributed by atoms with Crippen molar-refractivity contribution < 1.29 is 17.6 Å². The summed E-state index contributed by atoms with van der Waals surface area (Å²) in [5, 5.41) is 0.273. The van der Waals surface area contributed by atoms with E-state index < -0.39 is 10.0 Å². The third-order valence-electron chi connectivity index (χ3n) is 3.10. The molecule has 0 radical (unpaired) electrons. The van der Waals surface area contributed by atoms with Crippen LogP contribution in [0, 0.1) is 0 Å². The van der Waals surface area contributed by atoms with Gasteiger partial charge in [-0.25, -0.2) is 8.42 Å². The first-order chi connectivity index (χ1) is 11.3. The monoisotopic (exact) mass is 409 g/mol. The van der Waals surface area contributed by atoms with Gasteiger partial charge in [0, 0.05) is 6.07 Å². The van der Waals surface area contributed by atoms with E-state index in [9.17, 15) is 13.2 Å². The van der Waals surface area contributed by atoms with E-state index in [4.69, 9.17) is 9.15 Å². The standard InChI is InChI=1S/C16H12BrNO5S/c1-24(20,21)18-13-8-14-11(16(19)12(17)9-22-14)7-15(13)23-10-5-3-2-4-6-10/h2-9,18H,1H3. The number of anilines is 1. The summed E-state index contributed by atoms with van der Waals surface area (Å²) >= 11 is 3.12. The molecule has 6 nitrogen and oxygen atoms in total. The Kier molecular flexibility index (Phi) is 4.33. The fourth-order valence-electron chi connectivity index (χ4n) is 2.11. The molecule has 0 atom stereocenters. The van der Waals surface area contributed by atoms with E-state index in [2.05, 4.69) is 20.7 Å². The van der Waals surface area contributed by atoms with Crippen molar-refractivity contribution in [1.29, 1.82) is 0 Å². The van der Waals surface area contributed by atoms with Crippen molar-refractivity contribution in [2.24, 2.45) is 0 Å². The summed E-state index contributed by atoms with van der Waals surface area (Å²) < 4.78 is 36.9. The van der Waals surface area contributed by atoms with Gasteiger partial charge >= 0.3 is 0 Å². The Morgan fingerprint density at radius 2 is 1.88 bits per heavy atom. The third kappa shape index (κ3) is 3.60. The van der Waals surface area contributed by atoms with Gasteiger partial charge in [-0.3, -0.25) is 9.52 Å². The highest BCUT2D eigenvalue weighted by Gasteiger charge is 2.15. The Morgan fingerprint density at radius 1 is 1.17 bits per heavy atom. The predicted molar refractivity (Wildman–Crippen MR) is 95.2 cm³/mol. The number of hydrogen-bond donors (Lipinski definition) is 1. The lowest BCUT2D eigenvalue weighted by molar-refractivity contribution is 0.485. The predicted octanol–water partition coefficient (Wildman–Crippen LogP) is 3.72. The van der Waals surface area contributed by atoms with Gasteiger partial charge < -0.3 is 9.15 Å².